The maximum Gasteiger partial charge on any atom is 0.423 e. The van der Waals surface area contributed by atoms with Crippen LogP contribution in [0.2, 0.25) is 0 Å². The van der Waals surface area contributed by atoms with Crippen molar-refractivity contribution in [2.75, 3.05) is 31.1 Å². The predicted molar refractivity (Wildman–Crippen MR) is 103 cm³/mol. The molecule has 8 nitrogen and oxygen atoms in total. The van der Waals surface area contributed by atoms with E-state index >= 15 is 0 Å². The molecule has 1 aliphatic heterocycles. The maximum absolute atomic E-state index is 13.4. The first-order chi connectivity index (χ1) is 14.3. The van der Waals surface area contributed by atoms with Gasteiger partial charge in [0.1, 0.15) is 17.9 Å². The molecule has 1 aromatic carbocycles. The molecule has 1 aromatic heterocycles. The Kier molecular flexibility index (Phi) is 6.60. The number of H-pyrrole nitrogens is 1. The van der Waals surface area contributed by atoms with Gasteiger partial charge in [0.2, 0.25) is 5.91 Å². The summed E-state index contributed by atoms with van der Waals surface area (Å²) in [7, 11) is 0. The summed E-state index contributed by atoms with van der Waals surface area (Å²) in [5, 5.41) is 11.2. The highest BCUT2D eigenvalue weighted by Crippen LogP contribution is 2.38. The molecule has 0 unspecified atom stereocenters. The van der Waals surface area contributed by atoms with Gasteiger partial charge in [-0.2, -0.15) is 18.3 Å². The summed E-state index contributed by atoms with van der Waals surface area (Å²) in [6.07, 6.45) is -3.77. The molecular weight excluding hydrogens is 403 g/mol. The minimum Gasteiger partial charge on any atom is -0.492 e. The number of hydrogen-bond acceptors (Lipinski definition) is 6. The quantitative estimate of drug-likeness (QED) is 0.554. The van der Waals surface area contributed by atoms with Gasteiger partial charge in [-0.15, -0.1) is 0 Å². The number of amides is 1. The number of aromatic amines is 1. The zero-order chi connectivity index (χ0) is 21.7. The Bertz CT molecular complexity index is 961. The number of nitrogens with one attached hydrogen (secondary N) is 3. The predicted octanol–water partition coefficient (Wildman–Crippen LogP) is 1.41. The first kappa shape index (κ1) is 21.6. The number of rotatable bonds is 8. The smallest absolute Gasteiger partial charge is 0.423 e. The second kappa shape index (κ2) is 9.16. The number of carbonyl (C=O) groups is 1. The number of anilines is 1. The van der Waals surface area contributed by atoms with Crippen LogP contribution < -0.4 is 25.8 Å². The third kappa shape index (κ3) is 5.09. The van der Waals surface area contributed by atoms with Gasteiger partial charge in [-0.25, -0.2) is 5.10 Å². The van der Waals surface area contributed by atoms with Crippen molar-refractivity contribution in [2.45, 2.75) is 26.2 Å². The number of carbonyl (C=O) groups excluding carboxylic acids is 1. The van der Waals surface area contributed by atoms with Crippen LogP contribution in [0.4, 0.5) is 18.9 Å². The number of ether oxygens (including phenoxy) is 1. The van der Waals surface area contributed by atoms with Crippen LogP contribution in [-0.2, 0) is 24.1 Å². The van der Waals surface area contributed by atoms with Gasteiger partial charge in [0.25, 0.3) is 5.56 Å². The number of hydrogen-bond donors (Lipinski definition) is 3. The molecule has 0 saturated heterocycles. The highest BCUT2D eigenvalue weighted by molar-refractivity contribution is 5.72. The van der Waals surface area contributed by atoms with Crippen molar-refractivity contribution in [1.82, 2.24) is 20.8 Å². The lowest BCUT2D eigenvalue weighted by atomic mass is 10.1. The highest BCUT2D eigenvalue weighted by Gasteiger charge is 2.39. The third-order valence-corrected chi connectivity index (χ3v) is 4.61. The number of halogens is 3. The van der Waals surface area contributed by atoms with Gasteiger partial charge in [-0.1, -0.05) is 12.1 Å². The molecule has 0 fully saturated rings. The van der Waals surface area contributed by atoms with E-state index in [1.54, 1.807) is 12.1 Å². The molecule has 0 bridgehead atoms. The monoisotopic (exact) mass is 425 g/mol. The zero-order valence-corrected chi connectivity index (χ0v) is 16.3. The van der Waals surface area contributed by atoms with E-state index in [4.69, 9.17) is 4.74 Å². The van der Waals surface area contributed by atoms with Crippen LogP contribution in [0.1, 0.15) is 23.6 Å². The number of fused-ring (bicyclic) bond motifs is 1. The Labute approximate surface area is 170 Å². The van der Waals surface area contributed by atoms with Crippen molar-refractivity contribution in [3.63, 3.8) is 0 Å². The zero-order valence-electron chi connectivity index (χ0n) is 16.3. The lowest BCUT2D eigenvalue weighted by Gasteiger charge is -2.21. The molecule has 30 heavy (non-hydrogen) atoms. The molecule has 3 N–H and O–H groups in total. The Hall–Kier alpha value is -3.08. The van der Waals surface area contributed by atoms with Crippen LogP contribution in [0.15, 0.2) is 29.2 Å². The summed E-state index contributed by atoms with van der Waals surface area (Å²) in [6.45, 7) is 3.85. The average Bonchev–Trinajstić information content (AvgIpc) is 3.11. The van der Waals surface area contributed by atoms with Gasteiger partial charge >= 0.3 is 6.18 Å². The van der Waals surface area contributed by atoms with E-state index < -0.39 is 17.3 Å². The summed E-state index contributed by atoms with van der Waals surface area (Å²) >= 11 is 0. The SMILES string of the molecule is CC(=O)NCCNCCOc1cccc2c1CN(c1cn[nH]c(=O)c1C(F)(F)F)C2. The van der Waals surface area contributed by atoms with Gasteiger partial charge in [-0.3, -0.25) is 9.59 Å². The van der Waals surface area contributed by atoms with Crippen molar-refractivity contribution in [3.05, 3.63) is 51.4 Å². The normalized spacial score (nSPS) is 13.3. The van der Waals surface area contributed by atoms with Crippen LogP contribution in [0.5, 0.6) is 5.75 Å². The fourth-order valence-electron chi connectivity index (χ4n) is 3.28. The van der Waals surface area contributed by atoms with E-state index in [2.05, 4.69) is 15.7 Å². The lowest BCUT2D eigenvalue weighted by Crippen LogP contribution is -2.32. The Morgan fingerprint density at radius 1 is 1.27 bits per heavy atom. The topological polar surface area (TPSA) is 99.3 Å². The average molecular weight is 425 g/mol. The summed E-state index contributed by atoms with van der Waals surface area (Å²) in [5.41, 5.74) is -1.16. The standard InChI is InChI=1S/C19H22F3N5O3/c1-12(28)24-6-5-23-7-8-30-16-4-2-3-13-10-27(11-14(13)16)15-9-25-26-18(29)17(15)19(20,21)22/h2-4,9,23H,5-8,10-11H2,1H3,(H,24,28)(H,26,29). The lowest BCUT2D eigenvalue weighted by molar-refractivity contribution is -0.138. The molecule has 2 heterocycles. The molecule has 0 aliphatic carbocycles. The van der Waals surface area contributed by atoms with E-state index in [0.29, 0.717) is 32.0 Å². The minimum atomic E-state index is -4.79. The van der Waals surface area contributed by atoms with Crippen LogP contribution in [0.3, 0.4) is 0 Å². The molecule has 1 amide bonds. The number of aromatic nitrogens is 2. The third-order valence-electron chi connectivity index (χ3n) is 4.61. The molecule has 0 radical (unpaired) electrons. The molecule has 0 saturated carbocycles. The number of alkyl halides is 3. The van der Waals surface area contributed by atoms with E-state index in [9.17, 15) is 22.8 Å². The largest absolute Gasteiger partial charge is 0.492 e. The summed E-state index contributed by atoms with van der Waals surface area (Å²) < 4.78 is 45.9. The van der Waals surface area contributed by atoms with Crippen molar-refractivity contribution in [2.24, 2.45) is 0 Å². The molecule has 0 atom stereocenters. The maximum atomic E-state index is 13.4. The number of benzene rings is 1. The fraction of sp³-hybridized carbons (Fsp3) is 0.421. The van der Waals surface area contributed by atoms with Gasteiger partial charge in [-0.05, 0) is 11.6 Å². The Morgan fingerprint density at radius 3 is 2.80 bits per heavy atom. The minimum absolute atomic E-state index is 0.0956. The van der Waals surface area contributed by atoms with Crippen LogP contribution in [-0.4, -0.2) is 42.3 Å². The van der Waals surface area contributed by atoms with Gasteiger partial charge in [0, 0.05) is 45.2 Å². The first-order valence-corrected chi connectivity index (χ1v) is 9.36. The highest BCUT2D eigenvalue weighted by atomic mass is 19.4. The molecule has 3 rings (SSSR count). The first-order valence-electron chi connectivity index (χ1n) is 9.36. The van der Waals surface area contributed by atoms with E-state index in [0.717, 1.165) is 17.3 Å². The molecule has 2 aromatic rings. The fourth-order valence-corrected chi connectivity index (χ4v) is 3.28. The molecule has 162 valence electrons. The van der Waals surface area contributed by atoms with Crippen LogP contribution >= 0.6 is 0 Å². The van der Waals surface area contributed by atoms with Gasteiger partial charge < -0.3 is 20.3 Å². The Balaban J connectivity index is 1.65. The Morgan fingerprint density at radius 2 is 2.07 bits per heavy atom. The van der Waals surface area contributed by atoms with Crippen molar-refractivity contribution in [3.8, 4) is 5.75 Å². The second-order valence-corrected chi connectivity index (χ2v) is 6.79. The summed E-state index contributed by atoms with van der Waals surface area (Å²) in [4.78, 5) is 24.0. The van der Waals surface area contributed by atoms with Crippen LogP contribution in [0.25, 0.3) is 0 Å². The second-order valence-electron chi connectivity index (χ2n) is 6.79. The van der Waals surface area contributed by atoms with E-state index in [1.165, 1.54) is 11.8 Å². The van der Waals surface area contributed by atoms with Crippen molar-refractivity contribution < 1.29 is 22.7 Å². The van der Waals surface area contributed by atoms with Gasteiger partial charge in [0.15, 0.2) is 0 Å². The van der Waals surface area contributed by atoms with E-state index in [1.807, 2.05) is 11.2 Å². The van der Waals surface area contributed by atoms with Crippen LogP contribution in [0, 0.1) is 0 Å². The molecular formula is C19H22F3N5O3. The molecule has 11 heteroatoms. The van der Waals surface area contributed by atoms with Gasteiger partial charge in [0.05, 0.1) is 11.9 Å². The molecule has 1 aliphatic rings. The number of nitrogens with zero attached hydrogens (tertiary/aromatic N) is 2. The van der Waals surface area contributed by atoms with E-state index in [-0.39, 0.29) is 24.7 Å². The van der Waals surface area contributed by atoms with Crippen molar-refractivity contribution in [1.29, 1.82) is 0 Å². The molecule has 0 spiro atoms. The summed E-state index contributed by atoms with van der Waals surface area (Å²) in [6, 6.07) is 5.37. The summed E-state index contributed by atoms with van der Waals surface area (Å²) in [5.74, 6) is 0.492. The van der Waals surface area contributed by atoms with Crippen molar-refractivity contribution >= 4 is 11.6 Å².